The second-order valence-corrected chi connectivity index (χ2v) is 4.52. The lowest BCUT2D eigenvalue weighted by atomic mass is 10.3. The van der Waals surface area contributed by atoms with Crippen molar-refractivity contribution in [2.45, 2.75) is 6.54 Å². The highest BCUT2D eigenvalue weighted by molar-refractivity contribution is 7.12. The van der Waals surface area contributed by atoms with E-state index in [0.717, 1.165) is 0 Å². The number of thiophene rings is 1. The van der Waals surface area contributed by atoms with Crippen LogP contribution in [0.25, 0.3) is 5.69 Å². The summed E-state index contributed by atoms with van der Waals surface area (Å²) < 4.78 is 1.46. The van der Waals surface area contributed by atoms with Gasteiger partial charge in [0.05, 0.1) is 12.2 Å². The van der Waals surface area contributed by atoms with Gasteiger partial charge in [-0.15, -0.1) is 16.4 Å². The van der Waals surface area contributed by atoms with Gasteiger partial charge in [0.1, 0.15) is 17.0 Å². The molecule has 0 radical (unpaired) electrons. The number of rotatable bonds is 4. The number of amides is 1. The smallest absolute Gasteiger partial charge is 0.263 e. The summed E-state index contributed by atoms with van der Waals surface area (Å²) in [5.74, 6) is 0.519. The fourth-order valence-electron chi connectivity index (χ4n) is 1.56. The van der Waals surface area contributed by atoms with Crippen LogP contribution in [0.5, 0.6) is 0 Å². The number of carbonyl (C=O) groups excluding carboxylic acids is 1. The number of H-pyrrole nitrogens is 1. The third-order valence-electron chi connectivity index (χ3n) is 2.42. The predicted molar refractivity (Wildman–Crippen MR) is 66.8 cm³/mol. The summed E-state index contributed by atoms with van der Waals surface area (Å²) in [4.78, 5) is 19.6. The predicted octanol–water partition coefficient (Wildman–Crippen LogP) is 0.377. The zero-order valence-electron chi connectivity index (χ0n) is 9.65. The van der Waals surface area contributed by atoms with Gasteiger partial charge in [-0.3, -0.25) is 4.79 Å². The van der Waals surface area contributed by atoms with Crippen molar-refractivity contribution in [3.05, 3.63) is 40.9 Å². The fraction of sp³-hybridized carbons (Fsp3) is 0.100. The first-order valence-corrected chi connectivity index (χ1v) is 6.30. The first-order valence-electron chi connectivity index (χ1n) is 5.42. The van der Waals surface area contributed by atoms with E-state index >= 15 is 0 Å². The Morgan fingerprint density at radius 1 is 1.53 bits per heavy atom. The van der Waals surface area contributed by atoms with Crippen molar-refractivity contribution in [2.75, 3.05) is 0 Å². The van der Waals surface area contributed by atoms with Crippen LogP contribution in [0.15, 0.2) is 30.2 Å². The topological polar surface area (TPSA) is 101 Å². The highest BCUT2D eigenvalue weighted by Crippen LogP contribution is 2.19. The lowest BCUT2D eigenvalue weighted by molar-refractivity contribution is 0.0954. The molecule has 0 atom stereocenters. The number of imidazole rings is 1. The summed E-state index contributed by atoms with van der Waals surface area (Å²) in [6, 6.07) is 1.79. The van der Waals surface area contributed by atoms with Gasteiger partial charge >= 0.3 is 0 Å². The molecule has 0 fully saturated rings. The maximum Gasteiger partial charge on any atom is 0.263 e. The Bertz CT molecular complexity index is 658. The molecule has 19 heavy (non-hydrogen) atoms. The van der Waals surface area contributed by atoms with Crippen LogP contribution in [0.2, 0.25) is 0 Å². The third kappa shape index (κ3) is 2.36. The molecule has 96 valence electrons. The minimum absolute atomic E-state index is 0.183. The van der Waals surface area contributed by atoms with Crippen LogP contribution in [-0.4, -0.2) is 36.1 Å². The molecule has 0 aliphatic heterocycles. The van der Waals surface area contributed by atoms with E-state index in [9.17, 15) is 4.79 Å². The van der Waals surface area contributed by atoms with E-state index in [2.05, 4.69) is 30.8 Å². The van der Waals surface area contributed by atoms with E-state index in [4.69, 9.17) is 0 Å². The molecule has 3 aromatic rings. The van der Waals surface area contributed by atoms with Gasteiger partial charge in [0, 0.05) is 12.4 Å². The van der Waals surface area contributed by atoms with Crippen molar-refractivity contribution >= 4 is 17.2 Å². The van der Waals surface area contributed by atoms with E-state index in [1.54, 1.807) is 18.5 Å². The van der Waals surface area contributed by atoms with Crippen molar-refractivity contribution in [1.29, 1.82) is 0 Å². The molecule has 3 aromatic heterocycles. The van der Waals surface area contributed by atoms with Gasteiger partial charge in [0.25, 0.3) is 5.91 Å². The number of aromatic amines is 1. The summed E-state index contributed by atoms with van der Waals surface area (Å²) in [5.41, 5.74) is 0.659. The lowest BCUT2D eigenvalue weighted by Crippen LogP contribution is -2.23. The van der Waals surface area contributed by atoms with Crippen LogP contribution < -0.4 is 5.32 Å². The number of hydrogen-bond donors (Lipinski definition) is 2. The van der Waals surface area contributed by atoms with Crippen LogP contribution in [0.1, 0.15) is 15.5 Å². The molecule has 2 N–H and O–H groups in total. The summed E-state index contributed by atoms with van der Waals surface area (Å²) >= 11 is 1.33. The Kier molecular flexibility index (Phi) is 3.02. The molecular formula is C10H9N7OS. The average Bonchev–Trinajstić information content (AvgIpc) is 3.14. The summed E-state index contributed by atoms with van der Waals surface area (Å²) in [6.07, 6.45) is 4.80. The molecule has 0 bridgehead atoms. The third-order valence-corrected chi connectivity index (χ3v) is 3.32. The number of nitrogens with one attached hydrogen (secondary N) is 2. The first kappa shape index (κ1) is 11.5. The number of hydrogen-bond acceptors (Lipinski definition) is 6. The molecule has 9 heteroatoms. The van der Waals surface area contributed by atoms with Crippen molar-refractivity contribution in [1.82, 2.24) is 35.5 Å². The second kappa shape index (κ2) is 4.98. The standard InChI is InChI=1S/C10H9N7OS/c18-10(13-5-8-11-2-3-12-8)9-7(1-4-19-9)17-6-14-15-16-17/h1-4,6H,5H2,(H,11,12)(H,13,18). The number of carbonyl (C=O) groups is 1. The largest absolute Gasteiger partial charge is 0.347 e. The van der Waals surface area contributed by atoms with Crippen molar-refractivity contribution in [2.24, 2.45) is 0 Å². The first-order chi connectivity index (χ1) is 9.34. The molecule has 0 aromatic carbocycles. The summed E-state index contributed by atoms with van der Waals surface area (Å²) in [5, 5.41) is 15.5. The van der Waals surface area contributed by atoms with Crippen molar-refractivity contribution in [3.8, 4) is 5.69 Å². The highest BCUT2D eigenvalue weighted by atomic mass is 32.1. The van der Waals surface area contributed by atoms with Gasteiger partial charge < -0.3 is 10.3 Å². The van der Waals surface area contributed by atoms with E-state index in [1.165, 1.54) is 22.3 Å². The Hall–Kier alpha value is -2.55. The monoisotopic (exact) mass is 275 g/mol. The molecule has 0 aliphatic rings. The minimum atomic E-state index is -0.183. The van der Waals surface area contributed by atoms with Crippen LogP contribution >= 0.6 is 11.3 Å². The zero-order chi connectivity index (χ0) is 13.1. The van der Waals surface area contributed by atoms with E-state index < -0.39 is 0 Å². The van der Waals surface area contributed by atoms with E-state index in [0.29, 0.717) is 22.9 Å². The van der Waals surface area contributed by atoms with Crippen molar-refractivity contribution in [3.63, 3.8) is 0 Å². The molecule has 0 unspecified atom stereocenters. The van der Waals surface area contributed by atoms with Gasteiger partial charge in [-0.2, -0.15) is 4.68 Å². The molecular weight excluding hydrogens is 266 g/mol. The summed E-state index contributed by atoms with van der Waals surface area (Å²) in [7, 11) is 0. The Morgan fingerprint density at radius 3 is 3.21 bits per heavy atom. The van der Waals surface area contributed by atoms with Crippen LogP contribution in [-0.2, 0) is 6.54 Å². The molecule has 0 saturated carbocycles. The molecule has 8 nitrogen and oxygen atoms in total. The minimum Gasteiger partial charge on any atom is -0.347 e. The molecule has 0 saturated heterocycles. The molecule has 3 heterocycles. The number of aromatic nitrogens is 6. The average molecular weight is 275 g/mol. The Balaban J connectivity index is 1.75. The van der Waals surface area contributed by atoms with E-state index in [1.807, 2.05) is 5.38 Å². The van der Waals surface area contributed by atoms with Crippen LogP contribution in [0.3, 0.4) is 0 Å². The molecule has 1 amide bonds. The second-order valence-electron chi connectivity index (χ2n) is 3.61. The lowest BCUT2D eigenvalue weighted by Gasteiger charge is -2.03. The fourth-order valence-corrected chi connectivity index (χ4v) is 2.36. The molecule has 0 spiro atoms. The van der Waals surface area contributed by atoms with Gasteiger partial charge in [0.15, 0.2) is 0 Å². The quantitative estimate of drug-likeness (QED) is 0.716. The van der Waals surface area contributed by atoms with E-state index in [-0.39, 0.29) is 5.91 Å². The SMILES string of the molecule is O=C(NCc1ncc[nH]1)c1sccc1-n1cnnn1. The Labute approximate surface area is 111 Å². The molecule has 0 aliphatic carbocycles. The Morgan fingerprint density at radius 2 is 2.47 bits per heavy atom. The van der Waals surface area contributed by atoms with Crippen LogP contribution in [0, 0.1) is 0 Å². The van der Waals surface area contributed by atoms with Crippen LogP contribution in [0.4, 0.5) is 0 Å². The number of nitrogens with zero attached hydrogens (tertiary/aromatic N) is 5. The maximum absolute atomic E-state index is 12.1. The number of tetrazole rings is 1. The van der Waals surface area contributed by atoms with Gasteiger partial charge in [-0.05, 0) is 21.9 Å². The molecule has 3 rings (SSSR count). The summed E-state index contributed by atoms with van der Waals surface area (Å²) in [6.45, 7) is 0.346. The van der Waals surface area contributed by atoms with Gasteiger partial charge in [-0.25, -0.2) is 4.98 Å². The maximum atomic E-state index is 12.1. The van der Waals surface area contributed by atoms with Gasteiger partial charge in [-0.1, -0.05) is 0 Å². The highest BCUT2D eigenvalue weighted by Gasteiger charge is 2.15. The normalized spacial score (nSPS) is 10.5. The zero-order valence-corrected chi connectivity index (χ0v) is 10.5. The van der Waals surface area contributed by atoms with Gasteiger partial charge in [0.2, 0.25) is 0 Å². The van der Waals surface area contributed by atoms with Crippen molar-refractivity contribution < 1.29 is 4.79 Å².